The zero-order valence-electron chi connectivity index (χ0n) is 7.29. The number of esters is 1. The van der Waals surface area contributed by atoms with Crippen LogP contribution in [0.2, 0.25) is 0 Å². The van der Waals surface area contributed by atoms with Gasteiger partial charge in [0.1, 0.15) is 12.1 Å². The lowest BCUT2D eigenvalue weighted by Crippen LogP contribution is -2.39. The Morgan fingerprint density at radius 3 is 2.75 bits per heavy atom. The standard InChI is InChI=1S/C8H15NO3/c1-11-5-7(9)8(10)12-6-3-2-4-6/h6-7H,2-5,9H2,1H3. The van der Waals surface area contributed by atoms with E-state index in [1.165, 1.54) is 7.11 Å². The topological polar surface area (TPSA) is 61.5 Å². The van der Waals surface area contributed by atoms with Gasteiger partial charge in [0.25, 0.3) is 0 Å². The molecule has 1 unspecified atom stereocenters. The van der Waals surface area contributed by atoms with Gasteiger partial charge in [-0.2, -0.15) is 0 Å². The average Bonchev–Trinajstić information content (AvgIpc) is 1.97. The van der Waals surface area contributed by atoms with E-state index in [2.05, 4.69) is 0 Å². The molecule has 1 aliphatic carbocycles. The zero-order valence-corrected chi connectivity index (χ0v) is 7.29. The minimum atomic E-state index is -0.629. The monoisotopic (exact) mass is 173 g/mol. The molecule has 1 saturated carbocycles. The minimum Gasteiger partial charge on any atom is -0.461 e. The lowest BCUT2D eigenvalue weighted by atomic mass is 9.96. The van der Waals surface area contributed by atoms with Crippen molar-refractivity contribution >= 4 is 5.97 Å². The molecule has 0 radical (unpaired) electrons. The van der Waals surface area contributed by atoms with Gasteiger partial charge in [-0.3, -0.25) is 4.79 Å². The van der Waals surface area contributed by atoms with Crippen molar-refractivity contribution in [3.63, 3.8) is 0 Å². The lowest BCUT2D eigenvalue weighted by Gasteiger charge is -2.26. The number of nitrogens with two attached hydrogens (primary N) is 1. The summed E-state index contributed by atoms with van der Waals surface area (Å²) in [5.41, 5.74) is 5.46. The second-order valence-electron chi connectivity index (χ2n) is 3.05. The summed E-state index contributed by atoms with van der Waals surface area (Å²) in [5, 5.41) is 0. The van der Waals surface area contributed by atoms with Gasteiger partial charge in [-0.1, -0.05) is 0 Å². The molecule has 4 heteroatoms. The van der Waals surface area contributed by atoms with E-state index in [0.717, 1.165) is 19.3 Å². The second-order valence-corrected chi connectivity index (χ2v) is 3.05. The van der Waals surface area contributed by atoms with E-state index in [1.807, 2.05) is 0 Å². The molecule has 1 fully saturated rings. The largest absolute Gasteiger partial charge is 0.461 e. The Hall–Kier alpha value is -0.610. The predicted molar refractivity (Wildman–Crippen MR) is 43.6 cm³/mol. The van der Waals surface area contributed by atoms with Crippen LogP contribution in [0, 0.1) is 0 Å². The quantitative estimate of drug-likeness (QED) is 0.610. The molecular formula is C8H15NO3. The van der Waals surface area contributed by atoms with Crippen molar-refractivity contribution in [3.8, 4) is 0 Å². The summed E-state index contributed by atoms with van der Waals surface area (Å²) in [6, 6.07) is -0.629. The summed E-state index contributed by atoms with van der Waals surface area (Å²) < 4.78 is 9.79. The van der Waals surface area contributed by atoms with Crippen LogP contribution in [-0.4, -0.2) is 31.8 Å². The van der Waals surface area contributed by atoms with E-state index in [-0.39, 0.29) is 18.7 Å². The van der Waals surface area contributed by atoms with Gasteiger partial charge in [0, 0.05) is 7.11 Å². The first-order chi connectivity index (χ1) is 5.74. The number of hydrogen-bond acceptors (Lipinski definition) is 4. The maximum absolute atomic E-state index is 11.1. The van der Waals surface area contributed by atoms with Crippen LogP contribution < -0.4 is 5.73 Å². The van der Waals surface area contributed by atoms with Gasteiger partial charge in [-0.25, -0.2) is 0 Å². The van der Waals surface area contributed by atoms with Gasteiger partial charge in [0.05, 0.1) is 6.61 Å². The first kappa shape index (κ1) is 9.48. The van der Waals surface area contributed by atoms with Crippen LogP contribution in [0.1, 0.15) is 19.3 Å². The molecule has 12 heavy (non-hydrogen) atoms. The van der Waals surface area contributed by atoms with Crippen LogP contribution >= 0.6 is 0 Å². The van der Waals surface area contributed by atoms with Crippen molar-refractivity contribution in [1.82, 2.24) is 0 Å². The fraction of sp³-hybridized carbons (Fsp3) is 0.875. The molecular weight excluding hydrogens is 158 g/mol. The fourth-order valence-electron chi connectivity index (χ4n) is 0.988. The SMILES string of the molecule is COCC(N)C(=O)OC1CCC1. The second kappa shape index (κ2) is 4.42. The summed E-state index contributed by atoms with van der Waals surface area (Å²) in [4.78, 5) is 11.1. The Morgan fingerprint density at radius 2 is 2.33 bits per heavy atom. The molecule has 0 aliphatic heterocycles. The number of carbonyl (C=O) groups is 1. The van der Waals surface area contributed by atoms with E-state index in [9.17, 15) is 4.79 Å². The van der Waals surface area contributed by atoms with E-state index in [0.29, 0.717) is 0 Å². The van der Waals surface area contributed by atoms with Crippen molar-refractivity contribution in [2.75, 3.05) is 13.7 Å². The van der Waals surface area contributed by atoms with Crippen molar-refractivity contribution < 1.29 is 14.3 Å². The van der Waals surface area contributed by atoms with Crippen LogP contribution in [-0.2, 0) is 14.3 Å². The van der Waals surface area contributed by atoms with Crippen molar-refractivity contribution in [3.05, 3.63) is 0 Å². The summed E-state index contributed by atoms with van der Waals surface area (Å²) in [5.74, 6) is -0.346. The van der Waals surface area contributed by atoms with E-state index >= 15 is 0 Å². The molecule has 0 amide bonds. The third-order valence-corrected chi connectivity index (χ3v) is 1.98. The molecule has 2 N–H and O–H groups in total. The fourth-order valence-corrected chi connectivity index (χ4v) is 0.988. The molecule has 0 heterocycles. The highest BCUT2D eigenvalue weighted by atomic mass is 16.5. The van der Waals surface area contributed by atoms with Gasteiger partial charge in [-0.05, 0) is 19.3 Å². The normalized spacial score (nSPS) is 19.8. The predicted octanol–water partition coefficient (Wildman–Crippen LogP) is 0.0558. The number of methoxy groups -OCH3 is 1. The maximum Gasteiger partial charge on any atom is 0.325 e. The molecule has 0 aromatic rings. The van der Waals surface area contributed by atoms with E-state index < -0.39 is 6.04 Å². The molecule has 0 aromatic heterocycles. The Kier molecular flexibility index (Phi) is 3.49. The Bertz CT molecular complexity index is 156. The van der Waals surface area contributed by atoms with E-state index in [1.54, 1.807) is 0 Å². The summed E-state index contributed by atoms with van der Waals surface area (Å²) >= 11 is 0. The van der Waals surface area contributed by atoms with Crippen molar-refractivity contribution in [2.24, 2.45) is 5.73 Å². The van der Waals surface area contributed by atoms with Gasteiger partial charge in [-0.15, -0.1) is 0 Å². The number of rotatable bonds is 4. The Balaban J connectivity index is 2.16. The summed E-state index contributed by atoms with van der Waals surface area (Å²) in [6.45, 7) is 0.228. The van der Waals surface area contributed by atoms with Crippen LogP contribution in [0.15, 0.2) is 0 Å². The van der Waals surface area contributed by atoms with Crippen LogP contribution in [0.4, 0.5) is 0 Å². The van der Waals surface area contributed by atoms with Crippen molar-refractivity contribution in [1.29, 1.82) is 0 Å². The van der Waals surface area contributed by atoms with Crippen LogP contribution in [0.3, 0.4) is 0 Å². The smallest absolute Gasteiger partial charge is 0.325 e. The highest BCUT2D eigenvalue weighted by molar-refractivity contribution is 5.75. The van der Waals surface area contributed by atoms with Crippen LogP contribution in [0.5, 0.6) is 0 Å². The molecule has 1 atom stereocenters. The third kappa shape index (κ3) is 2.46. The lowest BCUT2D eigenvalue weighted by molar-refractivity contribution is -0.155. The molecule has 0 spiro atoms. The molecule has 0 bridgehead atoms. The van der Waals surface area contributed by atoms with Gasteiger partial charge < -0.3 is 15.2 Å². The van der Waals surface area contributed by atoms with Gasteiger partial charge in [0.15, 0.2) is 0 Å². The number of carbonyl (C=O) groups excluding carboxylic acids is 1. The van der Waals surface area contributed by atoms with Gasteiger partial charge in [0.2, 0.25) is 0 Å². The Labute approximate surface area is 72.0 Å². The molecule has 1 aliphatic rings. The first-order valence-corrected chi connectivity index (χ1v) is 4.19. The maximum atomic E-state index is 11.1. The molecule has 4 nitrogen and oxygen atoms in total. The average molecular weight is 173 g/mol. The first-order valence-electron chi connectivity index (χ1n) is 4.19. The van der Waals surface area contributed by atoms with Gasteiger partial charge >= 0.3 is 5.97 Å². The highest BCUT2D eigenvalue weighted by Crippen LogP contribution is 2.22. The number of hydrogen-bond donors (Lipinski definition) is 1. The molecule has 70 valence electrons. The third-order valence-electron chi connectivity index (χ3n) is 1.98. The van der Waals surface area contributed by atoms with Crippen LogP contribution in [0.25, 0.3) is 0 Å². The van der Waals surface area contributed by atoms with Crippen molar-refractivity contribution in [2.45, 2.75) is 31.4 Å². The Morgan fingerprint density at radius 1 is 1.67 bits per heavy atom. The number of ether oxygens (including phenoxy) is 2. The molecule has 0 saturated heterocycles. The van der Waals surface area contributed by atoms with E-state index in [4.69, 9.17) is 15.2 Å². The summed E-state index contributed by atoms with van der Waals surface area (Å²) in [6.07, 6.45) is 3.22. The minimum absolute atomic E-state index is 0.111. The highest BCUT2D eigenvalue weighted by Gasteiger charge is 2.24. The zero-order chi connectivity index (χ0) is 8.97. The molecule has 0 aromatic carbocycles. The summed E-state index contributed by atoms with van der Waals surface area (Å²) in [7, 11) is 1.51. The molecule has 1 rings (SSSR count).